The molecular formula is C15H25N3O3S. The second-order valence-electron chi connectivity index (χ2n) is 6.61. The number of rotatable bonds is 4. The number of aryl methyl sites for hydroxylation is 1. The van der Waals surface area contributed by atoms with Crippen molar-refractivity contribution < 1.29 is 14.3 Å². The Morgan fingerprint density at radius 2 is 1.77 bits per heavy atom. The van der Waals surface area contributed by atoms with Crippen LogP contribution in [0.25, 0.3) is 0 Å². The molecule has 1 amide bonds. The molecule has 0 saturated heterocycles. The minimum Gasteiger partial charge on any atom is -0.444 e. The molecule has 0 spiro atoms. The maximum Gasteiger partial charge on any atom is 0.411 e. The summed E-state index contributed by atoms with van der Waals surface area (Å²) in [4.78, 5) is 32.5. The fourth-order valence-corrected chi connectivity index (χ4v) is 2.98. The topological polar surface area (TPSA) is 62.7 Å². The predicted octanol–water partition coefficient (Wildman–Crippen LogP) is 2.80. The molecule has 1 rings (SSSR count). The van der Waals surface area contributed by atoms with Gasteiger partial charge in [-0.25, -0.2) is 9.78 Å². The molecule has 0 aliphatic heterocycles. The second-order valence-corrected chi connectivity index (χ2v) is 7.59. The number of aromatic nitrogens is 1. The number of carbonyl (C=O) groups excluding carboxylic acids is 2. The van der Waals surface area contributed by atoms with Gasteiger partial charge in [-0.15, -0.1) is 0 Å². The van der Waals surface area contributed by atoms with Crippen molar-refractivity contribution >= 4 is 28.8 Å². The van der Waals surface area contributed by atoms with E-state index in [0.717, 1.165) is 22.0 Å². The van der Waals surface area contributed by atoms with Gasteiger partial charge >= 0.3 is 6.09 Å². The summed E-state index contributed by atoms with van der Waals surface area (Å²) in [5.41, 5.74) is -0.996. The standard InChI is InChI=1S/C15H25N3O3S/c1-10-11(22-12(16-10)17(6)7)15(5,9-19)18(8)13(20)21-14(2,3)4/h9H,1-8H3. The maximum absolute atomic E-state index is 12.3. The van der Waals surface area contributed by atoms with Crippen molar-refractivity contribution in [1.29, 1.82) is 0 Å². The molecule has 0 fully saturated rings. The van der Waals surface area contributed by atoms with E-state index in [1.54, 1.807) is 34.7 Å². The van der Waals surface area contributed by atoms with Crippen molar-refractivity contribution in [3.8, 4) is 0 Å². The van der Waals surface area contributed by atoms with Gasteiger partial charge < -0.3 is 14.4 Å². The highest BCUT2D eigenvalue weighted by Crippen LogP contribution is 2.36. The molecule has 22 heavy (non-hydrogen) atoms. The lowest BCUT2D eigenvalue weighted by molar-refractivity contribution is -0.117. The van der Waals surface area contributed by atoms with Crippen molar-refractivity contribution in [3.05, 3.63) is 10.6 Å². The van der Waals surface area contributed by atoms with E-state index in [-0.39, 0.29) is 0 Å². The lowest BCUT2D eigenvalue weighted by Crippen LogP contribution is -2.48. The Hall–Kier alpha value is -1.63. The predicted molar refractivity (Wildman–Crippen MR) is 88.6 cm³/mol. The average molecular weight is 327 g/mol. The van der Waals surface area contributed by atoms with E-state index in [9.17, 15) is 9.59 Å². The lowest BCUT2D eigenvalue weighted by atomic mass is 9.99. The molecule has 0 radical (unpaired) electrons. The molecule has 1 unspecified atom stereocenters. The third-order valence-electron chi connectivity index (χ3n) is 3.22. The number of carbonyl (C=O) groups is 2. The molecule has 1 aromatic rings. The molecule has 7 heteroatoms. The molecule has 0 N–H and O–H groups in total. The number of aldehydes is 1. The van der Waals surface area contributed by atoms with Crippen LogP contribution in [0, 0.1) is 6.92 Å². The van der Waals surface area contributed by atoms with E-state index in [1.807, 2.05) is 25.9 Å². The van der Waals surface area contributed by atoms with Crippen molar-refractivity contribution in [2.75, 3.05) is 26.0 Å². The number of anilines is 1. The molecule has 0 saturated carbocycles. The van der Waals surface area contributed by atoms with Crippen LogP contribution in [0.1, 0.15) is 38.3 Å². The zero-order valence-corrected chi connectivity index (χ0v) is 15.4. The van der Waals surface area contributed by atoms with Gasteiger partial charge in [0.1, 0.15) is 11.1 Å². The third kappa shape index (κ3) is 3.76. The van der Waals surface area contributed by atoms with Crippen LogP contribution in [0.3, 0.4) is 0 Å². The molecular weight excluding hydrogens is 302 g/mol. The Balaban J connectivity index is 3.21. The summed E-state index contributed by atoms with van der Waals surface area (Å²) >= 11 is 1.40. The van der Waals surface area contributed by atoms with Crippen molar-refractivity contribution in [2.45, 2.75) is 45.8 Å². The highest BCUT2D eigenvalue weighted by molar-refractivity contribution is 7.16. The summed E-state index contributed by atoms with van der Waals surface area (Å²) in [7, 11) is 5.34. The van der Waals surface area contributed by atoms with E-state index < -0.39 is 17.2 Å². The molecule has 0 aliphatic carbocycles. The average Bonchev–Trinajstić information content (AvgIpc) is 2.77. The molecule has 0 aliphatic rings. The summed E-state index contributed by atoms with van der Waals surface area (Å²) in [5.74, 6) is 0. The first-order chi connectivity index (χ1) is 9.92. The van der Waals surface area contributed by atoms with E-state index in [2.05, 4.69) is 4.98 Å². The fraction of sp³-hybridized carbons (Fsp3) is 0.667. The first-order valence-corrected chi connectivity index (χ1v) is 7.82. The normalized spacial score (nSPS) is 14.2. The van der Waals surface area contributed by atoms with Crippen molar-refractivity contribution in [1.82, 2.24) is 9.88 Å². The Bertz CT molecular complexity index is 563. The van der Waals surface area contributed by atoms with E-state index in [4.69, 9.17) is 4.74 Å². The maximum atomic E-state index is 12.3. The number of amides is 1. The number of thiazole rings is 1. The minimum absolute atomic E-state index is 0.540. The quantitative estimate of drug-likeness (QED) is 0.796. The SMILES string of the molecule is Cc1nc(N(C)C)sc1C(C)(C=O)N(C)C(=O)OC(C)(C)C. The van der Waals surface area contributed by atoms with Crippen LogP contribution in [0.4, 0.5) is 9.93 Å². The van der Waals surface area contributed by atoms with Crippen LogP contribution < -0.4 is 4.90 Å². The number of hydrogen-bond donors (Lipinski definition) is 0. The Labute approximate surface area is 136 Å². The fourth-order valence-electron chi connectivity index (χ4n) is 1.85. The lowest BCUT2D eigenvalue weighted by Gasteiger charge is -2.34. The summed E-state index contributed by atoms with van der Waals surface area (Å²) in [6, 6.07) is 0. The molecule has 6 nitrogen and oxygen atoms in total. The summed E-state index contributed by atoms with van der Waals surface area (Å²) in [6.45, 7) is 8.91. The van der Waals surface area contributed by atoms with Crippen molar-refractivity contribution in [3.63, 3.8) is 0 Å². The van der Waals surface area contributed by atoms with E-state index in [0.29, 0.717) is 0 Å². The van der Waals surface area contributed by atoms with Crippen LogP contribution in [0.15, 0.2) is 0 Å². The van der Waals surface area contributed by atoms with Crippen LogP contribution in [0.2, 0.25) is 0 Å². The Morgan fingerprint density at radius 1 is 1.23 bits per heavy atom. The van der Waals surface area contributed by atoms with Crippen LogP contribution in [-0.2, 0) is 15.1 Å². The highest BCUT2D eigenvalue weighted by atomic mass is 32.1. The third-order valence-corrected chi connectivity index (χ3v) is 4.77. The summed E-state index contributed by atoms with van der Waals surface area (Å²) in [6.07, 6.45) is 0.220. The Morgan fingerprint density at radius 3 is 2.14 bits per heavy atom. The zero-order chi connectivity index (χ0) is 17.3. The van der Waals surface area contributed by atoms with Crippen LogP contribution >= 0.6 is 11.3 Å². The molecule has 1 heterocycles. The van der Waals surface area contributed by atoms with Gasteiger partial charge in [0.15, 0.2) is 11.4 Å². The Kier molecular flexibility index (Phi) is 5.22. The van der Waals surface area contributed by atoms with Gasteiger partial charge in [0.25, 0.3) is 0 Å². The van der Waals surface area contributed by atoms with Crippen molar-refractivity contribution in [2.24, 2.45) is 0 Å². The molecule has 0 bridgehead atoms. The zero-order valence-electron chi connectivity index (χ0n) is 14.6. The van der Waals surface area contributed by atoms with Gasteiger partial charge in [0, 0.05) is 21.1 Å². The smallest absolute Gasteiger partial charge is 0.411 e. The first kappa shape index (κ1) is 18.4. The van der Waals surface area contributed by atoms with Gasteiger partial charge in [0.2, 0.25) is 0 Å². The summed E-state index contributed by atoms with van der Waals surface area (Å²) < 4.78 is 5.37. The van der Waals surface area contributed by atoms with Gasteiger partial charge in [-0.05, 0) is 34.6 Å². The molecule has 124 valence electrons. The van der Waals surface area contributed by atoms with Crippen LogP contribution in [-0.4, -0.2) is 49.0 Å². The van der Waals surface area contributed by atoms with E-state index in [1.165, 1.54) is 16.2 Å². The molecule has 0 aromatic carbocycles. The van der Waals surface area contributed by atoms with Gasteiger partial charge in [-0.1, -0.05) is 11.3 Å². The summed E-state index contributed by atoms with van der Waals surface area (Å²) in [5, 5.41) is 0.790. The van der Waals surface area contributed by atoms with Gasteiger partial charge in [-0.3, -0.25) is 4.90 Å². The van der Waals surface area contributed by atoms with Gasteiger partial charge in [0.05, 0.1) is 10.6 Å². The highest BCUT2D eigenvalue weighted by Gasteiger charge is 2.40. The first-order valence-electron chi connectivity index (χ1n) is 7.00. The molecule has 1 atom stereocenters. The number of ether oxygens (including phenoxy) is 1. The number of likely N-dealkylation sites (N-methyl/N-ethyl adjacent to an activating group) is 1. The minimum atomic E-state index is -1.11. The van der Waals surface area contributed by atoms with Crippen LogP contribution in [0.5, 0.6) is 0 Å². The largest absolute Gasteiger partial charge is 0.444 e. The monoisotopic (exact) mass is 327 g/mol. The molecule has 1 aromatic heterocycles. The second kappa shape index (κ2) is 6.24. The van der Waals surface area contributed by atoms with E-state index >= 15 is 0 Å². The van der Waals surface area contributed by atoms with Gasteiger partial charge in [-0.2, -0.15) is 0 Å². The number of nitrogens with zero attached hydrogens (tertiary/aromatic N) is 3. The number of hydrogen-bond acceptors (Lipinski definition) is 6.